The summed E-state index contributed by atoms with van der Waals surface area (Å²) in [5.41, 5.74) is 4.63. The van der Waals surface area contributed by atoms with Gasteiger partial charge in [0.1, 0.15) is 5.76 Å². The molecule has 0 saturated carbocycles. The average Bonchev–Trinajstić information content (AvgIpc) is 3.27. The summed E-state index contributed by atoms with van der Waals surface area (Å²) in [6.07, 6.45) is 6.27. The van der Waals surface area contributed by atoms with E-state index < -0.39 is 0 Å². The summed E-state index contributed by atoms with van der Waals surface area (Å²) in [7, 11) is 0. The normalized spacial score (nSPS) is 15.0. The zero-order chi connectivity index (χ0) is 15.8. The lowest BCUT2D eigenvalue weighted by Gasteiger charge is -2.27. The molecule has 0 atom stereocenters. The van der Waals surface area contributed by atoms with E-state index in [9.17, 15) is 0 Å². The molecule has 0 aliphatic carbocycles. The number of fused-ring (bicyclic) bond motifs is 1. The van der Waals surface area contributed by atoms with Crippen molar-refractivity contribution >= 4 is 0 Å². The second-order valence-corrected chi connectivity index (χ2v) is 5.96. The van der Waals surface area contributed by atoms with Crippen LogP contribution in [0.25, 0.3) is 11.6 Å². The first-order chi connectivity index (χ1) is 11.2. The molecule has 3 aromatic rings. The molecule has 1 aliphatic rings. The van der Waals surface area contributed by atoms with Crippen molar-refractivity contribution in [2.45, 2.75) is 39.9 Å². The van der Waals surface area contributed by atoms with Crippen LogP contribution in [0.2, 0.25) is 0 Å². The molecule has 0 amide bonds. The third-order valence-electron chi connectivity index (χ3n) is 4.32. The van der Waals surface area contributed by atoms with Gasteiger partial charge < -0.3 is 8.83 Å². The van der Waals surface area contributed by atoms with Crippen LogP contribution in [-0.4, -0.2) is 26.2 Å². The maximum atomic E-state index is 5.71. The summed E-state index contributed by atoms with van der Waals surface area (Å²) >= 11 is 0. The minimum Gasteiger partial charge on any atom is -0.472 e. The van der Waals surface area contributed by atoms with Crippen molar-refractivity contribution in [3.8, 4) is 11.6 Å². The molecule has 0 saturated heterocycles. The molecule has 4 heterocycles. The van der Waals surface area contributed by atoms with Crippen LogP contribution in [0.1, 0.15) is 29.5 Å². The minimum absolute atomic E-state index is 0.621. The van der Waals surface area contributed by atoms with Crippen molar-refractivity contribution < 1.29 is 8.83 Å². The van der Waals surface area contributed by atoms with E-state index >= 15 is 0 Å². The van der Waals surface area contributed by atoms with E-state index in [2.05, 4.69) is 21.5 Å². The Hall–Kier alpha value is -2.34. The third kappa shape index (κ3) is 2.59. The lowest BCUT2D eigenvalue weighted by molar-refractivity contribution is 0.242. The smallest absolute Gasteiger partial charge is 0.247 e. The number of rotatable bonds is 4. The summed E-state index contributed by atoms with van der Waals surface area (Å²) in [5, 5.41) is 4.74. The number of nitrogens with zero attached hydrogens (tertiary/aromatic N) is 4. The van der Waals surface area contributed by atoms with Crippen LogP contribution in [0.3, 0.4) is 0 Å². The first-order valence-corrected chi connectivity index (χ1v) is 7.99. The second kappa shape index (κ2) is 5.70. The van der Waals surface area contributed by atoms with Crippen LogP contribution in [0, 0.1) is 6.92 Å². The Morgan fingerprint density at radius 1 is 1.35 bits per heavy atom. The van der Waals surface area contributed by atoms with Crippen molar-refractivity contribution in [3.05, 3.63) is 47.4 Å². The van der Waals surface area contributed by atoms with Gasteiger partial charge in [-0.25, -0.2) is 4.98 Å². The van der Waals surface area contributed by atoms with Crippen LogP contribution < -0.4 is 0 Å². The number of hydrogen-bond acceptors (Lipinski definition) is 5. The monoisotopic (exact) mass is 312 g/mol. The highest BCUT2D eigenvalue weighted by atomic mass is 16.4. The molecular formula is C17H20N4O2. The van der Waals surface area contributed by atoms with Gasteiger partial charge in [-0.2, -0.15) is 5.10 Å². The van der Waals surface area contributed by atoms with Gasteiger partial charge in [-0.1, -0.05) is 0 Å². The van der Waals surface area contributed by atoms with Gasteiger partial charge in [-0.05, 0) is 19.9 Å². The quantitative estimate of drug-likeness (QED) is 0.741. The lowest BCUT2D eigenvalue weighted by Crippen LogP contribution is -2.30. The first-order valence-electron chi connectivity index (χ1n) is 7.99. The maximum Gasteiger partial charge on any atom is 0.247 e. The van der Waals surface area contributed by atoms with E-state index in [1.807, 2.05) is 19.3 Å². The maximum absolute atomic E-state index is 5.71. The molecule has 6 nitrogen and oxygen atoms in total. The van der Waals surface area contributed by atoms with Gasteiger partial charge in [0.25, 0.3) is 0 Å². The van der Waals surface area contributed by atoms with Crippen LogP contribution in [0.15, 0.2) is 33.6 Å². The molecule has 120 valence electrons. The van der Waals surface area contributed by atoms with Crippen LogP contribution in [0.4, 0.5) is 0 Å². The highest BCUT2D eigenvalue weighted by molar-refractivity contribution is 5.55. The molecule has 0 N–H and O–H groups in total. The van der Waals surface area contributed by atoms with Crippen molar-refractivity contribution in [2.75, 3.05) is 6.54 Å². The van der Waals surface area contributed by atoms with E-state index in [0.29, 0.717) is 5.89 Å². The van der Waals surface area contributed by atoms with Gasteiger partial charge >= 0.3 is 0 Å². The van der Waals surface area contributed by atoms with E-state index in [-0.39, 0.29) is 0 Å². The lowest BCUT2D eigenvalue weighted by atomic mass is 10.0. The van der Waals surface area contributed by atoms with Gasteiger partial charge in [-0.15, -0.1) is 0 Å². The zero-order valence-electron chi connectivity index (χ0n) is 13.5. The molecular weight excluding hydrogens is 292 g/mol. The number of aromatic nitrogens is 3. The molecule has 0 unspecified atom stereocenters. The molecule has 0 fully saturated rings. The Balaban J connectivity index is 1.67. The van der Waals surface area contributed by atoms with Crippen LogP contribution in [0.5, 0.6) is 0 Å². The Morgan fingerprint density at radius 3 is 2.96 bits per heavy atom. The molecule has 0 radical (unpaired) electrons. The predicted molar refractivity (Wildman–Crippen MR) is 84.7 cm³/mol. The average molecular weight is 312 g/mol. The number of oxazole rings is 1. The standard InChI is InChI=1S/C17H20N4O2/c1-3-21-15-4-6-20(9-13-5-7-22-11-13)10-14(15)16(19-21)17-18-8-12(2)23-17/h5,7-8,11H,3-4,6,9-10H2,1-2H3. The molecule has 6 heteroatoms. The summed E-state index contributed by atoms with van der Waals surface area (Å²) in [6.45, 7) is 7.66. The van der Waals surface area contributed by atoms with Gasteiger partial charge in [0.05, 0.1) is 18.7 Å². The molecule has 23 heavy (non-hydrogen) atoms. The molecule has 4 rings (SSSR count). The summed E-state index contributed by atoms with van der Waals surface area (Å²) in [4.78, 5) is 6.78. The van der Waals surface area contributed by atoms with Crippen LogP contribution >= 0.6 is 0 Å². The van der Waals surface area contributed by atoms with Crippen LogP contribution in [-0.2, 0) is 26.1 Å². The highest BCUT2D eigenvalue weighted by Crippen LogP contribution is 2.30. The van der Waals surface area contributed by atoms with Gasteiger partial charge in [0, 0.05) is 49.4 Å². The molecule has 0 aromatic carbocycles. The summed E-state index contributed by atoms with van der Waals surface area (Å²) in [6, 6.07) is 2.02. The van der Waals surface area contributed by atoms with Crippen molar-refractivity contribution in [3.63, 3.8) is 0 Å². The van der Waals surface area contributed by atoms with E-state index in [0.717, 1.165) is 44.1 Å². The van der Waals surface area contributed by atoms with Crippen molar-refractivity contribution in [1.29, 1.82) is 0 Å². The Morgan fingerprint density at radius 2 is 2.26 bits per heavy atom. The first kappa shape index (κ1) is 14.3. The SMILES string of the molecule is CCn1nc(-c2ncc(C)o2)c2c1CCN(Cc1ccoc1)C2. The van der Waals surface area contributed by atoms with E-state index in [1.54, 1.807) is 12.5 Å². The van der Waals surface area contributed by atoms with E-state index in [4.69, 9.17) is 13.9 Å². The Bertz CT molecular complexity index is 801. The van der Waals surface area contributed by atoms with Gasteiger partial charge in [0.2, 0.25) is 5.89 Å². The summed E-state index contributed by atoms with van der Waals surface area (Å²) < 4.78 is 13.0. The van der Waals surface area contributed by atoms with Gasteiger partial charge in [-0.3, -0.25) is 9.58 Å². The number of aryl methyl sites for hydroxylation is 2. The molecule has 1 aliphatic heterocycles. The Kier molecular flexibility index (Phi) is 3.53. The molecule has 0 bridgehead atoms. The minimum atomic E-state index is 0.621. The fraction of sp³-hybridized carbons (Fsp3) is 0.412. The van der Waals surface area contributed by atoms with Gasteiger partial charge in [0.15, 0.2) is 5.69 Å². The third-order valence-corrected chi connectivity index (χ3v) is 4.32. The highest BCUT2D eigenvalue weighted by Gasteiger charge is 2.27. The zero-order valence-corrected chi connectivity index (χ0v) is 13.5. The summed E-state index contributed by atoms with van der Waals surface area (Å²) in [5.74, 6) is 1.43. The van der Waals surface area contributed by atoms with Crippen molar-refractivity contribution in [2.24, 2.45) is 0 Å². The molecule has 3 aromatic heterocycles. The number of furan rings is 1. The predicted octanol–water partition coefficient (Wildman–Crippen LogP) is 3.02. The second-order valence-electron chi connectivity index (χ2n) is 5.96. The number of hydrogen-bond donors (Lipinski definition) is 0. The fourth-order valence-corrected chi connectivity index (χ4v) is 3.22. The fourth-order valence-electron chi connectivity index (χ4n) is 3.22. The van der Waals surface area contributed by atoms with Crippen molar-refractivity contribution in [1.82, 2.24) is 19.7 Å². The largest absolute Gasteiger partial charge is 0.472 e. The molecule has 0 spiro atoms. The van der Waals surface area contributed by atoms with E-state index in [1.165, 1.54) is 16.8 Å². The topological polar surface area (TPSA) is 60.2 Å². The Labute approximate surface area is 134 Å².